The molecule has 0 saturated heterocycles. The van der Waals surface area contributed by atoms with E-state index in [1.165, 1.54) is 27.0 Å². The number of alkyl halides is 2. The van der Waals surface area contributed by atoms with Gasteiger partial charge in [-0.05, 0) is 31.8 Å². The maximum absolute atomic E-state index is 14.7. The number of hydrogen-bond donors (Lipinski definition) is 1. The average Bonchev–Trinajstić information content (AvgIpc) is 2.81. The van der Waals surface area contributed by atoms with Gasteiger partial charge >= 0.3 is 14.6 Å². The van der Waals surface area contributed by atoms with Crippen LogP contribution >= 0.6 is 8.60 Å². The lowest BCUT2D eigenvalue weighted by Crippen LogP contribution is -2.39. The Labute approximate surface area is 196 Å². The first-order valence-corrected chi connectivity index (χ1v) is 12.8. The van der Waals surface area contributed by atoms with Crippen LogP contribution in [-0.4, -0.2) is 62.3 Å². The lowest BCUT2D eigenvalue weighted by Gasteiger charge is -2.32. The summed E-state index contributed by atoms with van der Waals surface area (Å²) in [6.07, 6.45) is 11.9. The zero-order chi connectivity index (χ0) is 24.1. The van der Waals surface area contributed by atoms with Gasteiger partial charge in [-0.25, -0.2) is 0 Å². The van der Waals surface area contributed by atoms with Gasteiger partial charge in [-0.1, -0.05) is 38.5 Å². The highest BCUT2D eigenvalue weighted by molar-refractivity contribution is 7.41. The van der Waals surface area contributed by atoms with Gasteiger partial charge in [0.25, 0.3) is 0 Å². The Balaban J connectivity index is 1.92. The van der Waals surface area contributed by atoms with E-state index in [2.05, 4.69) is 4.99 Å². The third-order valence-corrected chi connectivity index (χ3v) is 7.23. The second-order valence-electron chi connectivity index (χ2n) is 8.56. The maximum atomic E-state index is 14.7. The fourth-order valence-electron chi connectivity index (χ4n) is 3.84. The van der Waals surface area contributed by atoms with Gasteiger partial charge in [-0.15, -0.1) is 0 Å². The van der Waals surface area contributed by atoms with Gasteiger partial charge < -0.3 is 28.9 Å². The number of rotatable bonds is 14. The molecule has 0 heterocycles. The normalized spacial score (nSPS) is 20.5. The van der Waals surface area contributed by atoms with E-state index in [9.17, 15) is 13.6 Å². The molecule has 2 aliphatic carbocycles. The summed E-state index contributed by atoms with van der Waals surface area (Å²) in [5, 5.41) is 0. The van der Waals surface area contributed by atoms with Crippen molar-refractivity contribution in [3.63, 3.8) is 0 Å². The number of methoxy groups -OCH3 is 1. The van der Waals surface area contributed by atoms with Crippen LogP contribution in [0, 0.1) is 0 Å². The number of amidine groups is 1. The van der Waals surface area contributed by atoms with Gasteiger partial charge in [-0.3, -0.25) is 4.79 Å². The summed E-state index contributed by atoms with van der Waals surface area (Å²) >= 11 is 0. The SMILES string of the molecule is COC(COP(OC1CCCCC1)OC1CCCCC1)CC(F)(F)N(C)/C=C\C(N)=NC=O. The monoisotopic (exact) mass is 493 g/mol. The molecule has 2 saturated carbocycles. The second kappa shape index (κ2) is 14.9. The highest BCUT2D eigenvalue weighted by Crippen LogP contribution is 2.47. The van der Waals surface area contributed by atoms with Crippen LogP contribution in [-0.2, 0) is 23.1 Å². The molecule has 11 heteroatoms. The molecule has 2 aliphatic rings. The van der Waals surface area contributed by atoms with Gasteiger partial charge in [0.05, 0.1) is 31.3 Å². The van der Waals surface area contributed by atoms with Gasteiger partial charge in [0.15, 0.2) is 0 Å². The minimum atomic E-state index is -3.24. The lowest BCUT2D eigenvalue weighted by molar-refractivity contribution is -0.145. The fourth-order valence-corrected chi connectivity index (χ4v) is 5.21. The number of amides is 1. The summed E-state index contributed by atoms with van der Waals surface area (Å²) in [5.74, 6) is -0.162. The molecule has 1 amide bonds. The molecular formula is C22H38F2N3O5P. The van der Waals surface area contributed by atoms with Crippen LogP contribution in [0.3, 0.4) is 0 Å². The van der Waals surface area contributed by atoms with E-state index in [0.717, 1.165) is 63.6 Å². The molecule has 0 bridgehead atoms. The summed E-state index contributed by atoms with van der Waals surface area (Å²) in [5.41, 5.74) is 5.43. The molecule has 1 atom stereocenters. The van der Waals surface area contributed by atoms with Gasteiger partial charge in [0, 0.05) is 20.4 Å². The van der Waals surface area contributed by atoms with Crippen molar-refractivity contribution in [2.45, 2.75) is 95.0 Å². The molecular weight excluding hydrogens is 455 g/mol. The van der Waals surface area contributed by atoms with Crippen LogP contribution in [0.15, 0.2) is 17.3 Å². The smallest absolute Gasteiger partial charge is 0.333 e. The largest absolute Gasteiger partial charge is 0.384 e. The number of aliphatic imine (C=N–C) groups is 1. The number of hydrogen-bond acceptors (Lipinski definition) is 6. The van der Waals surface area contributed by atoms with Gasteiger partial charge in [-0.2, -0.15) is 13.8 Å². The number of carbonyl (C=O) groups is 1. The first kappa shape index (κ1) is 28.1. The Morgan fingerprint density at radius 3 is 2.15 bits per heavy atom. The molecule has 0 aromatic carbocycles. The second-order valence-corrected chi connectivity index (χ2v) is 9.69. The summed E-state index contributed by atoms with van der Waals surface area (Å²) < 4.78 is 52.9. The quantitative estimate of drug-likeness (QED) is 0.121. The van der Waals surface area contributed by atoms with Crippen molar-refractivity contribution in [1.29, 1.82) is 0 Å². The van der Waals surface area contributed by atoms with E-state index in [4.69, 9.17) is 24.0 Å². The first-order valence-electron chi connectivity index (χ1n) is 11.7. The van der Waals surface area contributed by atoms with E-state index in [1.807, 2.05) is 0 Å². The molecule has 0 radical (unpaired) electrons. The van der Waals surface area contributed by atoms with Crippen molar-refractivity contribution in [3.05, 3.63) is 12.3 Å². The third kappa shape index (κ3) is 10.7. The van der Waals surface area contributed by atoms with E-state index < -0.39 is 27.2 Å². The van der Waals surface area contributed by atoms with E-state index in [0.29, 0.717) is 4.90 Å². The zero-order valence-electron chi connectivity index (χ0n) is 19.7. The molecule has 1 unspecified atom stereocenters. The van der Waals surface area contributed by atoms with Crippen LogP contribution in [0.25, 0.3) is 0 Å². The van der Waals surface area contributed by atoms with Crippen molar-refractivity contribution in [3.8, 4) is 0 Å². The van der Waals surface area contributed by atoms with Crippen molar-refractivity contribution in [2.75, 3.05) is 20.8 Å². The zero-order valence-corrected chi connectivity index (χ0v) is 20.6. The van der Waals surface area contributed by atoms with Crippen molar-refractivity contribution < 1.29 is 31.9 Å². The van der Waals surface area contributed by atoms with Gasteiger partial charge in [0.1, 0.15) is 5.84 Å². The summed E-state index contributed by atoms with van der Waals surface area (Å²) in [4.78, 5) is 14.3. The molecule has 2 fully saturated rings. The predicted molar refractivity (Wildman–Crippen MR) is 124 cm³/mol. The number of nitrogens with two attached hydrogens (primary N) is 1. The van der Waals surface area contributed by atoms with Crippen LogP contribution < -0.4 is 5.73 Å². The molecule has 2 rings (SSSR count). The van der Waals surface area contributed by atoms with Crippen LogP contribution in [0.1, 0.15) is 70.6 Å². The third-order valence-electron chi connectivity index (χ3n) is 5.93. The lowest BCUT2D eigenvalue weighted by atomic mass is 9.98. The molecule has 190 valence electrons. The molecule has 2 N–H and O–H groups in total. The summed E-state index contributed by atoms with van der Waals surface area (Å²) in [7, 11) is 0.949. The van der Waals surface area contributed by atoms with Crippen molar-refractivity contribution in [2.24, 2.45) is 10.7 Å². The molecule has 0 aliphatic heterocycles. The Bertz CT molecular complexity index is 609. The molecule has 33 heavy (non-hydrogen) atoms. The standard InChI is InChI=1S/C22H38F2N3O5P/c1-27(14-13-21(25)26-17-28)22(23,24)15-20(29-2)16-30-33(31-18-9-5-3-6-10-18)32-19-11-7-4-8-12-19/h13-14,17-20H,3-12,15-16H2,1-2H3,(H2,25,26,28)/b14-13-. The van der Waals surface area contributed by atoms with E-state index in [1.54, 1.807) is 0 Å². The number of ether oxygens (including phenoxy) is 1. The minimum absolute atomic E-state index is 0.0659. The highest BCUT2D eigenvalue weighted by atomic mass is 31.2. The molecule has 0 aromatic heterocycles. The van der Waals surface area contributed by atoms with Crippen molar-refractivity contribution >= 4 is 20.8 Å². The maximum Gasteiger partial charge on any atom is 0.333 e. The van der Waals surface area contributed by atoms with E-state index in [-0.39, 0.29) is 31.1 Å². The Morgan fingerprint density at radius 2 is 1.67 bits per heavy atom. The highest BCUT2D eigenvalue weighted by Gasteiger charge is 2.37. The van der Waals surface area contributed by atoms with E-state index >= 15 is 0 Å². The van der Waals surface area contributed by atoms with Crippen LogP contribution in [0.2, 0.25) is 0 Å². The van der Waals surface area contributed by atoms with Gasteiger partial charge in [0.2, 0.25) is 6.41 Å². The minimum Gasteiger partial charge on any atom is -0.384 e. The van der Waals surface area contributed by atoms with Crippen LogP contribution in [0.5, 0.6) is 0 Å². The summed E-state index contributed by atoms with van der Waals surface area (Å²) in [6.45, 7) is -0.0659. The fraction of sp³-hybridized carbons (Fsp3) is 0.818. The predicted octanol–water partition coefficient (Wildman–Crippen LogP) is 4.89. The Kier molecular flexibility index (Phi) is 12.7. The number of halogens is 2. The average molecular weight is 494 g/mol. The molecule has 0 aromatic rings. The molecule has 8 nitrogen and oxygen atoms in total. The Hall–Kier alpha value is -1.19. The molecule has 0 spiro atoms. The Morgan fingerprint density at radius 1 is 1.12 bits per heavy atom. The summed E-state index contributed by atoms with van der Waals surface area (Å²) in [6, 6.07) is -3.24. The first-order chi connectivity index (χ1) is 15.8. The topological polar surface area (TPSA) is 95.6 Å². The number of carbonyl (C=O) groups excluding carboxylic acids is 1. The number of nitrogens with zero attached hydrogens (tertiary/aromatic N) is 2. The van der Waals surface area contributed by atoms with Crippen LogP contribution in [0.4, 0.5) is 8.78 Å². The van der Waals surface area contributed by atoms with Crippen molar-refractivity contribution in [1.82, 2.24) is 4.90 Å².